The van der Waals surface area contributed by atoms with Crippen molar-refractivity contribution in [2.75, 3.05) is 6.61 Å². The van der Waals surface area contributed by atoms with Crippen molar-refractivity contribution in [3.05, 3.63) is 24.3 Å². The molecule has 1 aliphatic carbocycles. The van der Waals surface area contributed by atoms with E-state index in [4.69, 9.17) is 4.74 Å². The van der Waals surface area contributed by atoms with Gasteiger partial charge in [-0.3, -0.25) is 0 Å². The first-order chi connectivity index (χ1) is 6.36. The number of rotatable bonds is 4. The molecule has 1 aliphatic rings. The first-order valence-corrected chi connectivity index (χ1v) is 4.77. The molecule has 70 valence electrons. The van der Waals surface area contributed by atoms with Crippen LogP contribution in [0, 0.1) is 5.92 Å². The minimum atomic E-state index is 0.235. The summed E-state index contributed by atoms with van der Waals surface area (Å²) in [5.74, 6) is 1.72. The molecule has 1 saturated carbocycles. The van der Waals surface area contributed by atoms with Crippen LogP contribution in [0.3, 0.4) is 0 Å². The predicted octanol–water partition coefficient (Wildman–Crippen LogP) is 2.57. The molecule has 2 heteroatoms. The summed E-state index contributed by atoms with van der Waals surface area (Å²) in [6.07, 6.45) is 3.82. The van der Waals surface area contributed by atoms with Crippen LogP contribution in [0.1, 0.15) is 19.3 Å². The van der Waals surface area contributed by atoms with Crippen LogP contribution in [0.25, 0.3) is 0 Å². The summed E-state index contributed by atoms with van der Waals surface area (Å²) in [5.41, 5.74) is 0. The molecular weight excluding hydrogens is 164 g/mol. The molecule has 13 heavy (non-hydrogen) atoms. The van der Waals surface area contributed by atoms with Crippen molar-refractivity contribution in [2.45, 2.75) is 19.3 Å². The molecule has 1 aromatic rings. The highest BCUT2D eigenvalue weighted by atomic mass is 16.5. The smallest absolute Gasteiger partial charge is 0.160 e. The molecule has 0 radical (unpaired) electrons. The molecule has 0 heterocycles. The fourth-order valence-corrected chi connectivity index (χ4v) is 1.32. The summed E-state index contributed by atoms with van der Waals surface area (Å²) in [6.45, 7) is 0.724. The Morgan fingerprint density at radius 1 is 1.31 bits per heavy atom. The first kappa shape index (κ1) is 8.42. The highest BCUT2D eigenvalue weighted by molar-refractivity contribution is 5.37. The number of hydrogen-bond donors (Lipinski definition) is 1. The van der Waals surface area contributed by atoms with Gasteiger partial charge in [-0.15, -0.1) is 0 Å². The van der Waals surface area contributed by atoms with Crippen LogP contribution < -0.4 is 4.74 Å². The van der Waals surface area contributed by atoms with Gasteiger partial charge in [-0.2, -0.15) is 0 Å². The van der Waals surface area contributed by atoms with E-state index in [2.05, 4.69) is 0 Å². The molecule has 1 N–H and O–H groups in total. The monoisotopic (exact) mass is 178 g/mol. The molecule has 1 fully saturated rings. The van der Waals surface area contributed by atoms with Gasteiger partial charge in [-0.25, -0.2) is 0 Å². The number of aromatic hydroxyl groups is 1. The number of phenolic OH excluding ortho intramolecular Hbond substituents is 1. The minimum absolute atomic E-state index is 0.235. The molecule has 0 atom stereocenters. The van der Waals surface area contributed by atoms with Gasteiger partial charge >= 0.3 is 0 Å². The molecular formula is C11H14O2. The molecule has 2 rings (SSSR count). The Labute approximate surface area is 78.2 Å². The van der Waals surface area contributed by atoms with E-state index in [1.807, 2.05) is 6.07 Å². The fraction of sp³-hybridized carbons (Fsp3) is 0.455. The summed E-state index contributed by atoms with van der Waals surface area (Å²) >= 11 is 0. The third kappa shape index (κ3) is 2.38. The number of hydrogen-bond acceptors (Lipinski definition) is 2. The van der Waals surface area contributed by atoms with Crippen molar-refractivity contribution >= 4 is 0 Å². The van der Waals surface area contributed by atoms with Gasteiger partial charge in [-0.05, 0) is 24.5 Å². The summed E-state index contributed by atoms with van der Waals surface area (Å²) in [5, 5.41) is 9.37. The van der Waals surface area contributed by atoms with Gasteiger partial charge in [0.15, 0.2) is 11.5 Å². The number of benzene rings is 1. The summed E-state index contributed by atoms with van der Waals surface area (Å²) in [7, 11) is 0. The molecule has 0 aromatic heterocycles. The van der Waals surface area contributed by atoms with E-state index in [0.717, 1.165) is 18.9 Å². The summed E-state index contributed by atoms with van der Waals surface area (Å²) in [4.78, 5) is 0. The van der Waals surface area contributed by atoms with Crippen molar-refractivity contribution in [1.29, 1.82) is 0 Å². The van der Waals surface area contributed by atoms with E-state index in [1.54, 1.807) is 18.2 Å². The maximum atomic E-state index is 9.37. The molecule has 0 saturated heterocycles. The number of ether oxygens (including phenoxy) is 1. The van der Waals surface area contributed by atoms with E-state index in [-0.39, 0.29) is 5.75 Å². The zero-order valence-corrected chi connectivity index (χ0v) is 7.57. The Balaban J connectivity index is 1.82. The van der Waals surface area contributed by atoms with Crippen LogP contribution in [-0.2, 0) is 0 Å². The lowest BCUT2D eigenvalue weighted by molar-refractivity contribution is 0.287. The van der Waals surface area contributed by atoms with Crippen LogP contribution in [0.15, 0.2) is 24.3 Å². The Hall–Kier alpha value is -1.18. The van der Waals surface area contributed by atoms with E-state index in [1.165, 1.54) is 12.8 Å². The van der Waals surface area contributed by atoms with Crippen LogP contribution >= 0.6 is 0 Å². The lowest BCUT2D eigenvalue weighted by Crippen LogP contribution is -1.97. The third-order valence-electron chi connectivity index (χ3n) is 2.35. The van der Waals surface area contributed by atoms with Gasteiger partial charge in [0.1, 0.15) is 0 Å². The standard InChI is InChI=1S/C11H14O2/c12-10-3-1-2-4-11(10)13-8-7-9-5-6-9/h1-4,9,12H,5-8H2. The van der Waals surface area contributed by atoms with Gasteiger partial charge in [0.05, 0.1) is 6.61 Å². The van der Waals surface area contributed by atoms with E-state index >= 15 is 0 Å². The van der Waals surface area contributed by atoms with Crippen LogP contribution in [-0.4, -0.2) is 11.7 Å². The molecule has 1 aromatic carbocycles. The summed E-state index contributed by atoms with van der Waals surface area (Å²) < 4.78 is 5.44. The zero-order valence-electron chi connectivity index (χ0n) is 7.57. The second kappa shape index (κ2) is 3.69. The van der Waals surface area contributed by atoms with Crippen molar-refractivity contribution < 1.29 is 9.84 Å². The topological polar surface area (TPSA) is 29.5 Å². The highest BCUT2D eigenvalue weighted by Gasteiger charge is 2.20. The largest absolute Gasteiger partial charge is 0.504 e. The molecule has 0 aliphatic heterocycles. The van der Waals surface area contributed by atoms with Crippen molar-refractivity contribution in [3.63, 3.8) is 0 Å². The van der Waals surface area contributed by atoms with E-state index < -0.39 is 0 Å². The maximum absolute atomic E-state index is 9.37. The SMILES string of the molecule is Oc1ccccc1OCCC1CC1. The highest BCUT2D eigenvalue weighted by Crippen LogP contribution is 2.33. The Bertz CT molecular complexity index is 279. The summed E-state index contributed by atoms with van der Waals surface area (Å²) in [6, 6.07) is 7.10. The van der Waals surface area contributed by atoms with Gasteiger partial charge in [0.2, 0.25) is 0 Å². The van der Waals surface area contributed by atoms with Gasteiger partial charge in [0.25, 0.3) is 0 Å². The zero-order chi connectivity index (χ0) is 9.10. The van der Waals surface area contributed by atoms with Gasteiger partial charge in [0, 0.05) is 0 Å². The maximum Gasteiger partial charge on any atom is 0.160 e. The lowest BCUT2D eigenvalue weighted by atomic mass is 10.3. The molecule has 2 nitrogen and oxygen atoms in total. The van der Waals surface area contributed by atoms with Crippen LogP contribution in [0.2, 0.25) is 0 Å². The second-order valence-electron chi connectivity index (χ2n) is 3.55. The molecule has 0 amide bonds. The Kier molecular flexibility index (Phi) is 2.39. The minimum Gasteiger partial charge on any atom is -0.504 e. The Morgan fingerprint density at radius 2 is 2.08 bits per heavy atom. The third-order valence-corrected chi connectivity index (χ3v) is 2.35. The fourth-order valence-electron chi connectivity index (χ4n) is 1.32. The van der Waals surface area contributed by atoms with Gasteiger partial charge in [-0.1, -0.05) is 25.0 Å². The predicted molar refractivity (Wildman–Crippen MR) is 50.9 cm³/mol. The van der Waals surface area contributed by atoms with E-state index in [9.17, 15) is 5.11 Å². The van der Waals surface area contributed by atoms with E-state index in [0.29, 0.717) is 5.75 Å². The van der Waals surface area contributed by atoms with Gasteiger partial charge < -0.3 is 9.84 Å². The van der Waals surface area contributed by atoms with Crippen LogP contribution in [0.5, 0.6) is 11.5 Å². The molecule has 0 spiro atoms. The van der Waals surface area contributed by atoms with Crippen molar-refractivity contribution in [3.8, 4) is 11.5 Å². The quantitative estimate of drug-likeness (QED) is 0.767. The van der Waals surface area contributed by atoms with Crippen LogP contribution in [0.4, 0.5) is 0 Å². The first-order valence-electron chi connectivity index (χ1n) is 4.77. The molecule has 0 bridgehead atoms. The average Bonchev–Trinajstić information content (AvgIpc) is 2.92. The number of phenols is 1. The van der Waals surface area contributed by atoms with Crippen molar-refractivity contribution in [1.82, 2.24) is 0 Å². The second-order valence-corrected chi connectivity index (χ2v) is 3.55. The van der Waals surface area contributed by atoms with Crippen molar-refractivity contribution in [2.24, 2.45) is 5.92 Å². The molecule has 0 unspecified atom stereocenters. The Morgan fingerprint density at radius 3 is 2.77 bits per heavy atom. The lowest BCUT2D eigenvalue weighted by Gasteiger charge is -2.06. The average molecular weight is 178 g/mol. The number of para-hydroxylation sites is 2. The normalized spacial score (nSPS) is 15.7.